The first-order valence-corrected chi connectivity index (χ1v) is 6.03. The van der Waals surface area contributed by atoms with Gasteiger partial charge < -0.3 is 15.8 Å². The van der Waals surface area contributed by atoms with Crippen molar-refractivity contribution >= 4 is 11.6 Å². The Bertz CT molecular complexity index is 492. The van der Waals surface area contributed by atoms with Crippen LogP contribution in [0.2, 0.25) is 0 Å². The van der Waals surface area contributed by atoms with Gasteiger partial charge in [0.05, 0.1) is 12.1 Å². The molecule has 0 unspecified atom stereocenters. The zero-order chi connectivity index (χ0) is 14.1. The number of carbonyl (C=O) groups excluding carboxylic acids is 1. The standard InChI is InChI=1S/C14H17FN2O2/c1-2-8-19-10-14(18)17-12-6-5-11(4-3-7-16)13(15)9-12/h5-6,9H,2,7-8,10,16H2,1H3,(H,17,18). The van der Waals surface area contributed by atoms with Crippen LogP contribution in [0.15, 0.2) is 18.2 Å². The van der Waals surface area contributed by atoms with E-state index in [-0.39, 0.29) is 24.6 Å². The van der Waals surface area contributed by atoms with Crippen LogP contribution in [0.4, 0.5) is 10.1 Å². The fraction of sp³-hybridized carbons (Fsp3) is 0.357. The third kappa shape index (κ3) is 5.51. The van der Waals surface area contributed by atoms with Gasteiger partial charge in [0.1, 0.15) is 12.4 Å². The molecule has 0 aromatic heterocycles. The van der Waals surface area contributed by atoms with E-state index in [0.717, 1.165) is 6.42 Å². The molecule has 0 radical (unpaired) electrons. The maximum Gasteiger partial charge on any atom is 0.250 e. The van der Waals surface area contributed by atoms with Crippen LogP contribution in [0.3, 0.4) is 0 Å². The maximum atomic E-state index is 13.6. The van der Waals surface area contributed by atoms with E-state index in [1.807, 2.05) is 6.92 Å². The lowest BCUT2D eigenvalue weighted by molar-refractivity contribution is -0.120. The lowest BCUT2D eigenvalue weighted by atomic mass is 10.2. The van der Waals surface area contributed by atoms with Crippen molar-refractivity contribution in [2.24, 2.45) is 5.73 Å². The van der Waals surface area contributed by atoms with Crippen molar-refractivity contribution in [1.82, 2.24) is 0 Å². The SMILES string of the molecule is CCCOCC(=O)Nc1ccc(C#CCN)c(F)c1. The van der Waals surface area contributed by atoms with Crippen LogP contribution in [0.1, 0.15) is 18.9 Å². The first kappa shape index (κ1) is 15.2. The van der Waals surface area contributed by atoms with Crippen molar-refractivity contribution in [2.75, 3.05) is 25.1 Å². The minimum atomic E-state index is -0.492. The first-order chi connectivity index (χ1) is 9.17. The Morgan fingerprint density at radius 2 is 2.32 bits per heavy atom. The van der Waals surface area contributed by atoms with Gasteiger partial charge in [-0.05, 0) is 24.6 Å². The van der Waals surface area contributed by atoms with E-state index in [9.17, 15) is 9.18 Å². The molecule has 0 atom stereocenters. The van der Waals surface area contributed by atoms with Crippen molar-refractivity contribution in [3.05, 3.63) is 29.6 Å². The summed E-state index contributed by atoms with van der Waals surface area (Å²) in [5.41, 5.74) is 5.84. The normalized spacial score (nSPS) is 9.63. The highest BCUT2D eigenvalue weighted by atomic mass is 19.1. The summed E-state index contributed by atoms with van der Waals surface area (Å²) in [7, 11) is 0. The van der Waals surface area contributed by atoms with Crippen molar-refractivity contribution in [3.63, 3.8) is 0 Å². The first-order valence-electron chi connectivity index (χ1n) is 6.03. The molecule has 0 saturated heterocycles. The molecule has 1 aromatic rings. The average Bonchev–Trinajstić information content (AvgIpc) is 2.38. The van der Waals surface area contributed by atoms with E-state index in [2.05, 4.69) is 17.2 Å². The maximum absolute atomic E-state index is 13.6. The van der Waals surface area contributed by atoms with Gasteiger partial charge in [0, 0.05) is 12.3 Å². The largest absolute Gasteiger partial charge is 0.372 e. The van der Waals surface area contributed by atoms with E-state index in [1.54, 1.807) is 6.07 Å². The molecule has 0 heterocycles. The third-order valence-corrected chi connectivity index (χ3v) is 2.16. The van der Waals surface area contributed by atoms with Gasteiger partial charge in [0.25, 0.3) is 0 Å². The minimum Gasteiger partial charge on any atom is -0.372 e. The molecule has 0 bridgehead atoms. The lowest BCUT2D eigenvalue weighted by Crippen LogP contribution is -2.18. The van der Waals surface area contributed by atoms with Gasteiger partial charge in [-0.25, -0.2) is 4.39 Å². The Morgan fingerprint density at radius 3 is 2.95 bits per heavy atom. The molecule has 0 aliphatic carbocycles. The molecule has 0 saturated carbocycles. The fourth-order valence-corrected chi connectivity index (χ4v) is 1.35. The van der Waals surface area contributed by atoms with Crippen molar-refractivity contribution in [3.8, 4) is 11.8 Å². The molecule has 0 aliphatic heterocycles. The Labute approximate surface area is 112 Å². The summed E-state index contributed by atoms with van der Waals surface area (Å²) >= 11 is 0. The van der Waals surface area contributed by atoms with E-state index in [1.165, 1.54) is 12.1 Å². The minimum absolute atomic E-state index is 0.0375. The van der Waals surface area contributed by atoms with Crippen molar-refractivity contribution in [1.29, 1.82) is 0 Å². The Hall–Kier alpha value is -1.90. The molecular weight excluding hydrogens is 247 g/mol. The number of anilines is 1. The Kier molecular flexibility index (Phi) is 6.58. The number of nitrogens with one attached hydrogen (secondary N) is 1. The fourth-order valence-electron chi connectivity index (χ4n) is 1.35. The van der Waals surface area contributed by atoms with Crippen molar-refractivity contribution < 1.29 is 13.9 Å². The van der Waals surface area contributed by atoms with Crippen molar-refractivity contribution in [2.45, 2.75) is 13.3 Å². The van der Waals surface area contributed by atoms with Gasteiger partial charge in [-0.2, -0.15) is 0 Å². The highest BCUT2D eigenvalue weighted by Crippen LogP contribution is 2.13. The molecule has 0 spiro atoms. The number of nitrogens with two attached hydrogens (primary N) is 1. The molecule has 1 amide bonds. The molecule has 0 aliphatic rings. The summed E-state index contributed by atoms with van der Waals surface area (Å²) < 4.78 is 18.7. The zero-order valence-electron chi connectivity index (χ0n) is 10.8. The molecule has 1 aromatic carbocycles. The van der Waals surface area contributed by atoms with Gasteiger partial charge in [0.15, 0.2) is 0 Å². The molecule has 102 valence electrons. The number of carbonyl (C=O) groups is 1. The number of hydrogen-bond acceptors (Lipinski definition) is 3. The number of benzene rings is 1. The van der Waals surface area contributed by atoms with Crippen LogP contribution in [-0.4, -0.2) is 25.7 Å². The van der Waals surface area contributed by atoms with E-state index >= 15 is 0 Å². The highest BCUT2D eigenvalue weighted by molar-refractivity contribution is 5.91. The van der Waals surface area contributed by atoms with Gasteiger partial charge >= 0.3 is 0 Å². The number of halogens is 1. The van der Waals surface area contributed by atoms with Crippen LogP contribution in [-0.2, 0) is 9.53 Å². The smallest absolute Gasteiger partial charge is 0.250 e. The molecule has 3 N–H and O–H groups in total. The summed E-state index contributed by atoms with van der Waals surface area (Å²) in [5.74, 6) is 4.37. The van der Waals surface area contributed by atoms with Crippen LogP contribution >= 0.6 is 0 Å². The number of amides is 1. The predicted octanol–water partition coefficient (Wildman–Crippen LogP) is 1.50. The summed E-state index contributed by atoms with van der Waals surface area (Å²) in [6.07, 6.45) is 0.844. The molecule has 19 heavy (non-hydrogen) atoms. The quantitative estimate of drug-likeness (QED) is 0.625. The zero-order valence-corrected chi connectivity index (χ0v) is 10.8. The summed E-state index contributed by atoms with van der Waals surface area (Å²) in [6.45, 7) is 2.61. The van der Waals surface area contributed by atoms with Gasteiger partial charge in [0.2, 0.25) is 5.91 Å². The van der Waals surface area contributed by atoms with Crippen LogP contribution in [0.5, 0.6) is 0 Å². The average molecular weight is 264 g/mol. The van der Waals surface area contributed by atoms with Gasteiger partial charge in [-0.1, -0.05) is 18.8 Å². The Morgan fingerprint density at radius 1 is 1.53 bits per heavy atom. The van der Waals surface area contributed by atoms with Crippen LogP contribution < -0.4 is 11.1 Å². The highest BCUT2D eigenvalue weighted by Gasteiger charge is 2.05. The molecule has 5 heteroatoms. The van der Waals surface area contributed by atoms with Gasteiger partial charge in [-0.3, -0.25) is 4.79 Å². The number of hydrogen-bond donors (Lipinski definition) is 2. The van der Waals surface area contributed by atoms with Crippen LogP contribution in [0, 0.1) is 17.7 Å². The summed E-state index contributed by atoms with van der Waals surface area (Å²) in [5, 5.41) is 2.55. The van der Waals surface area contributed by atoms with Gasteiger partial charge in [-0.15, -0.1) is 0 Å². The predicted molar refractivity (Wildman–Crippen MR) is 72.1 cm³/mol. The van der Waals surface area contributed by atoms with E-state index in [0.29, 0.717) is 12.3 Å². The summed E-state index contributed by atoms with van der Waals surface area (Å²) in [4.78, 5) is 11.5. The number of ether oxygens (including phenoxy) is 1. The van der Waals surface area contributed by atoms with E-state index in [4.69, 9.17) is 10.5 Å². The molecule has 4 nitrogen and oxygen atoms in total. The second kappa shape index (κ2) is 8.25. The second-order valence-corrected chi connectivity index (χ2v) is 3.80. The molecular formula is C14H17FN2O2. The molecule has 1 rings (SSSR count). The van der Waals surface area contributed by atoms with E-state index < -0.39 is 5.82 Å². The topological polar surface area (TPSA) is 64.3 Å². The Balaban J connectivity index is 2.60. The summed E-state index contributed by atoms with van der Waals surface area (Å²) in [6, 6.07) is 4.31. The lowest BCUT2D eigenvalue weighted by Gasteiger charge is -2.06. The molecule has 0 fully saturated rings. The number of rotatable bonds is 5. The monoisotopic (exact) mass is 264 g/mol. The van der Waals surface area contributed by atoms with Crippen LogP contribution in [0.25, 0.3) is 0 Å². The third-order valence-electron chi connectivity index (χ3n) is 2.16. The second-order valence-electron chi connectivity index (χ2n) is 3.80.